The second kappa shape index (κ2) is 5.85. The molecule has 4 heteroatoms. The van der Waals surface area contributed by atoms with Crippen LogP contribution in [0.25, 0.3) is 0 Å². The second-order valence-corrected chi connectivity index (χ2v) is 6.48. The first-order valence-corrected chi connectivity index (χ1v) is 7.88. The maximum absolute atomic E-state index is 6.15. The molecule has 1 saturated heterocycles. The SMILES string of the molecule is CCNC1CC(C)(C)Oc2cc(OC3CCOC3)ccc21. The van der Waals surface area contributed by atoms with E-state index in [-0.39, 0.29) is 11.7 Å². The number of benzene rings is 1. The molecule has 3 rings (SSSR count). The third-order valence-corrected chi connectivity index (χ3v) is 4.08. The monoisotopic (exact) mass is 291 g/mol. The standard InChI is InChI=1S/C17H25NO3/c1-4-18-15-10-17(2,3)21-16-9-12(5-6-14(15)16)20-13-7-8-19-11-13/h5-6,9,13,15,18H,4,7-8,10-11H2,1-3H3. The van der Waals surface area contributed by atoms with E-state index in [1.54, 1.807) is 0 Å². The van der Waals surface area contributed by atoms with E-state index in [0.717, 1.165) is 37.5 Å². The first-order valence-electron chi connectivity index (χ1n) is 7.88. The molecule has 0 aromatic heterocycles. The Balaban J connectivity index is 1.82. The molecule has 1 aromatic rings. The topological polar surface area (TPSA) is 39.7 Å². The summed E-state index contributed by atoms with van der Waals surface area (Å²) in [7, 11) is 0. The fourth-order valence-corrected chi connectivity index (χ4v) is 3.13. The molecular weight excluding hydrogens is 266 g/mol. The highest BCUT2D eigenvalue weighted by molar-refractivity contribution is 5.44. The summed E-state index contributed by atoms with van der Waals surface area (Å²) in [6, 6.07) is 6.54. The Labute approximate surface area is 126 Å². The average molecular weight is 291 g/mol. The fraction of sp³-hybridized carbons (Fsp3) is 0.647. The van der Waals surface area contributed by atoms with Gasteiger partial charge in [0.15, 0.2) is 0 Å². The van der Waals surface area contributed by atoms with Crippen LogP contribution in [0, 0.1) is 0 Å². The Hall–Kier alpha value is -1.26. The summed E-state index contributed by atoms with van der Waals surface area (Å²) >= 11 is 0. The van der Waals surface area contributed by atoms with Gasteiger partial charge in [0, 0.05) is 30.5 Å². The number of fused-ring (bicyclic) bond motifs is 1. The Morgan fingerprint density at radius 1 is 1.38 bits per heavy atom. The highest BCUT2D eigenvalue weighted by Crippen LogP contribution is 2.41. The van der Waals surface area contributed by atoms with E-state index in [9.17, 15) is 0 Å². The molecule has 0 saturated carbocycles. The van der Waals surface area contributed by atoms with E-state index in [1.165, 1.54) is 5.56 Å². The van der Waals surface area contributed by atoms with Crippen LogP contribution < -0.4 is 14.8 Å². The van der Waals surface area contributed by atoms with Gasteiger partial charge in [-0.1, -0.05) is 13.0 Å². The van der Waals surface area contributed by atoms with E-state index in [2.05, 4.69) is 32.2 Å². The smallest absolute Gasteiger partial charge is 0.128 e. The molecule has 0 spiro atoms. The molecule has 1 aromatic carbocycles. The summed E-state index contributed by atoms with van der Waals surface area (Å²) in [5.74, 6) is 1.81. The van der Waals surface area contributed by atoms with Gasteiger partial charge in [0.2, 0.25) is 0 Å². The highest BCUT2D eigenvalue weighted by Gasteiger charge is 2.33. The maximum Gasteiger partial charge on any atom is 0.128 e. The Bertz CT molecular complexity index is 495. The number of rotatable bonds is 4. The third-order valence-electron chi connectivity index (χ3n) is 4.08. The molecule has 0 radical (unpaired) electrons. The van der Waals surface area contributed by atoms with Gasteiger partial charge >= 0.3 is 0 Å². The lowest BCUT2D eigenvalue weighted by Crippen LogP contribution is -2.39. The third kappa shape index (κ3) is 3.33. The molecule has 2 aliphatic heterocycles. The fourth-order valence-electron chi connectivity index (χ4n) is 3.13. The lowest BCUT2D eigenvalue weighted by Gasteiger charge is -2.38. The molecule has 1 fully saturated rings. The molecule has 116 valence electrons. The Kier molecular flexibility index (Phi) is 4.09. The van der Waals surface area contributed by atoms with Gasteiger partial charge in [-0.25, -0.2) is 0 Å². The van der Waals surface area contributed by atoms with Crippen LogP contribution in [0.5, 0.6) is 11.5 Å². The predicted molar refractivity (Wildman–Crippen MR) is 82.0 cm³/mol. The summed E-state index contributed by atoms with van der Waals surface area (Å²) in [6.45, 7) is 8.85. The van der Waals surface area contributed by atoms with Crippen molar-refractivity contribution >= 4 is 0 Å². The molecule has 1 N–H and O–H groups in total. The predicted octanol–water partition coefficient (Wildman–Crippen LogP) is 3.07. The molecule has 2 heterocycles. The number of hydrogen-bond donors (Lipinski definition) is 1. The molecule has 2 aliphatic rings. The zero-order chi connectivity index (χ0) is 14.9. The molecule has 0 aliphatic carbocycles. The summed E-state index contributed by atoms with van der Waals surface area (Å²) in [6.07, 6.45) is 2.11. The molecule has 21 heavy (non-hydrogen) atoms. The van der Waals surface area contributed by atoms with Crippen LogP contribution in [0.1, 0.15) is 45.2 Å². The molecule has 4 nitrogen and oxygen atoms in total. The van der Waals surface area contributed by atoms with Crippen LogP contribution in [0.15, 0.2) is 18.2 Å². The van der Waals surface area contributed by atoms with Gasteiger partial charge in [0.05, 0.1) is 13.2 Å². The van der Waals surface area contributed by atoms with Gasteiger partial charge in [0.25, 0.3) is 0 Å². The lowest BCUT2D eigenvalue weighted by atomic mass is 9.89. The van der Waals surface area contributed by atoms with Crippen LogP contribution >= 0.6 is 0 Å². The van der Waals surface area contributed by atoms with Crippen LogP contribution in [0.3, 0.4) is 0 Å². The molecular formula is C17H25NO3. The van der Waals surface area contributed by atoms with E-state index >= 15 is 0 Å². The van der Waals surface area contributed by atoms with Crippen LogP contribution in [0.4, 0.5) is 0 Å². The normalized spacial score (nSPS) is 27.0. The minimum atomic E-state index is -0.158. The minimum Gasteiger partial charge on any atom is -0.488 e. The van der Waals surface area contributed by atoms with Gasteiger partial charge < -0.3 is 19.5 Å². The molecule has 2 atom stereocenters. The van der Waals surface area contributed by atoms with Crippen molar-refractivity contribution in [2.24, 2.45) is 0 Å². The zero-order valence-corrected chi connectivity index (χ0v) is 13.1. The maximum atomic E-state index is 6.15. The Morgan fingerprint density at radius 2 is 2.24 bits per heavy atom. The van der Waals surface area contributed by atoms with Crippen molar-refractivity contribution in [3.8, 4) is 11.5 Å². The number of nitrogens with one attached hydrogen (secondary N) is 1. The van der Waals surface area contributed by atoms with Crippen LogP contribution in [0.2, 0.25) is 0 Å². The minimum absolute atomic E-state index is 0.158. The van der Waals surface area contributed by atoms with E-state index in [4.69, 9.17) is 14.2 Å². The van der Waals surface area contributed by atoms with Crippen LogP contribution in [-0.2, 0) is 4.74 Å². The highest BCUT2D eigenvalue weighted by atomic mass is 16.5. The van der Waals surface area contributed by atoms with Crippen molar-refractivity contribution in [1.82, 2.24) is 5.32 Å². The van der Waals surface area contributed by atoms with Crippen molar-refractivity contribution in [3.05, 3.63) is 23.8 Å². The largest absolute Gasteiger partial charge is 0.488 e. The van der Waals surface area contributed by atoms with Crippen molar-refractivity contribution in [2.45, 2.75) is 51.4 Å². The number of ether oxygens (including phenoxy) is 3. The quantitative estimate of drug-likeness (QED) is 0.925. The molecule has 0 bridgehead atoms. The lowest BCUT2D eigenvalue weighted by molar-refractivity contribution is 0.0656. The van der Waals surface area contributed by atoms with E-state index in [0.29, 0.717) is 12.6 Å². The van der Waals surface area contributed by atoms with Crippen molar-refractivity contribution < 1.29 is 14.2 Å². The van der Waals surface area contributed by atoms with Gasteiger partial charge in [-0.15, -0.1) is 0 Å². The van der Waals surface area contributed by atoms with Crippen molar-refractivity contribution in [3.63, 3.8) is 0 Å². The Morgan fingerprint density at radius 3 is 2.95 bits per heavy atom. The van der Waals surface area contributed by atoms with Gasteiger partial charge in [-0.2, -0.15) is 0 Å². The van der Waals surface area contributed by atoms with Crippen molar-refractivity contribution in [1.29, 1.82) is 0 Å². The van der Waals surface area contributed by atoms with Gasteiger partial charge in [-0.3, -0.25) is 0 Å². The summed E-state index contributed by atoms with van der Waals surface area (Å²) in [5.41, 5.74) is 1.07. The first-order chi connectivity index (χ1) is 10.1. The van der Waals surface area contributed by atoms with Gasteiger partial charge in [0.1, 0.15) is 23.2 Å². The van der Waals surface area contributed by atoms with Crippen LogP contribution in [-0.4, -0.2) is 31.5 Å². The summed E-state index contributed by atoms with van der Waals surface area (Å²) in [4.78, 5) is 0. The average Bonchev–Trinajstić information content (AvgIpc) is 2.90. The summed E-state index contributed by atoms with van der Waals surface area (Å²) in [5, 5.41) is 3.55. The van der Waals surface area contributed by atoms with E-state index < -0.39 is 0 Å². The molecule has 0 amide bonds. The van der Waals surface area contributed by atoms with E-state index in [1.807, 2.05) is 12.1 Å². The van der Waals surface area contributed by atoms with Crippen molar-refractivity contribution in [2.75, 3.05) is 19.8 Å². The second-order valence-electron chi connectivity index (χ2n) is 6.48. The summed E-state index contributed by atoms with van der Waals surface area (Å²) < 4.78 is 17.5. The zero-order valence-electron chi connectivity index (χ0n) is 13.1. The number of hydrogen-bond acceptors (Lipinski definition) is 4. The molecule has 2 unspecified atom stereocenters. The van der Waals surface area contributed by atoms with Gasteiger partial charge in [-0.05, 0) is 26.5 Å². The first kappa shape index (κ1) is 14.7.